The van der Waals surface area contributed by atoms with Crippen LogP contribution in [-0.4, -0.2) is 22.7 Å². The summed E-state index contributed by atoms with van der Waals surface area (Å²) in [5.74, 6) is 1.03. The van der Waals surface area contributed by atoms with Gasteiger partial charge in [0.05, 0.1) is 6.10 Å². The predicted octanol–water partition coefficient (Wildman–Crippen LogP) is 3.52. The number of H-pyrrole nitrogens is 1. The van der Waals surface area contributed by atoms with Crippen molar-refractivity contribution in [2.24, 2.45) is 0 Å². The Morgan fingerprint density at radius 3 is 2.89 bits per heavy atom. The molecule has 1 unspecified atom stereocenters. The van der Waals surface area contributed by atoms with Gasteiger partial charge in [0, 0.05) is 24.3 Å². The number of nitrogens with zero attached hydrogens (tertiary/aromatic N) is 1. The molecule has 1 aliphatic carbocycles. The van der Waals surface area contributed by atoms with Crippen LogP contribution in [0.25, 0.3) is 0 Å². The molecule has 1 aromatic rings. The van der Waals surface area contributed by atoms with Crippen molar-refractivity contribution in [2.75, 3.05) is 6.61 Å². The molecule has 0 amide bonds. The van der Waals surface area contributed by atoms with E-state index in [4.69, 9.17) is 17.0 Å². The quantitative estimate of drug-likeness (QED) is 0.664. The van der Waals surface area contributed by atoms with E-state index in [1.54, 1.807) is 0 Å². The lowest BCUT2D eigenvalue weighted by molar-refractivity contribution is 0.0156. The lowest BCUT2D eigenvalue weighted by Gasteiger charge is -2.22. The first-order valence-corrected chi connectivity index (χ1v) is 7.96. The molecule has 1 atom stereocenters. The smallest absolute Gasteiger partial charge is 0.133 e. The van der Waals surface area contributed by atoms with Crippen LogP contribution in [0.5, 0.6) is 0 Å². The molecule has 2 heterocycles. The largest absolute Gasteiger partial charge is 0.378 e. The summed E-state index contributed by atoms with van der Waals surface area (Å²) in [7, 11) is 0. The molecule has 0 bridgehead atoms. The van der Waals surface area contributed by atoms with E-state index < -0.39 is 0 Å². The van der Waals surface area contributed by atoms with Crippen LogP contribution in [0.15, 0.2) is 0 Å². The number of rotatable bonds is 2. The van der Waals surface area contributed by atoms with Gasteiger partial charge < -0.3 is 9.72 Å². The summed E-state index contributed by atoms with van der Waals surface area (Å²) in [5, 5.41) is 0. The third-order valence-corrected chi connectivity index (χ3v) is 4.54. The second-order valence-corrected chi connectivity index (χ2v) is 6.09. The zero-order chi connectivity index (χ0) is 13.1. The fraction of sp³-hybridized carbons (Fsp3) is 0.733. The number of aryl methyl sites for hydroxylation is 1. The molecular formula is C15H22N2OS. The van der Waals surface area contributed by atoms with Gasteiger partial charge in [-0.1, -0.05) is 18.6 Å². The molecule has 0 radical (unpaired) electrons. The van der Waals surface area contributed by atoms with Crippen LogP contribution >= 0.6 is 12.2 Å². The van der Waals surface area contributed by atoms with Gasteiger partial charge >= 0.3 is 0 Å². The van der Waals surface area contributed by atoms with Crippen molar-refractivity contribution in [3.05, 3.63) is 21.7 Å². The summed E-state index contributed by atoms with van der Waals surface area (Å²) in [5.41, 5.74) is 2.63. The minimum absolute atomic E-state index is 0.329. The summed E-state index contributed by atoms with van der Waals surface area (Å²) in [6, 6.07) is 0. The lowest BCUT2D eigenvalue weighted by Crippen LogP contribution is -2.23. The van der Waals surface area contributed by atoms with Gasteiger partial charge in [0.25, 0.3) is 0 Å². The van der Waals surface area contributed by atoms with Crippen LogP contribution in [0, 0.1) is 4.64 Å². The first-order valence-electron chi connectivity index (χ1n) is 7.55. The van der Waals surface area contributed by atoms with E-state index in [0.29, 0.717) is 6.10 Å². The Bertz CT molecular complexity index is 491. The van der Waals surface area contributed by atoms with Crippen molar-refractivity contribution >= 4 is 12.2 Å². The molecular weight excluding hydrogens is 256 g/mol. The topological polar surface area (TPSA) is 37.9 Å². The molecule has 0 spiro atoms. The van der Waals surface area contributed by atoms with Gasteiger partial charge in [-0.05, 0) is 44.9 Å². The molecule has 1 aromatic heterocycles. The molecule has 104 valence electrons. The van der Waals surface area contributed by atoms with Crippen LogP contribution in [0.3, 0.4) is 0 Å². The first kappa shape index (κ1) is 13.3. The average Bonchev–Trinajstić information content (AvgIpc) is 2.65. The monoisotopic (exact) mass is 278 g/mol. The zero-order valence-electron chi connectivity index (χ0n) is 11.4. The minimum Gasteiger partial charge on any atom is -0.378 e. The van der Waals surface area contributed by atoms with Crippen molar-refractivity contribution in [1.82, 2.24) is 9.97 Å². The first-order chi connectivity index (χ1) is 9.33. The number of fused-ring (bicyclic) bond motifs is 1. The third kappa shape index (κ3) is 3.23. The van der Waals surface area contributed by atoms with Crippen molar-refractivity contribution in [2.45, 2.75) is 63.9 Å². The van der Waals surface area contributed by atoms with E-state index in [1.807, 2.05) is 0 Å². The summed E-state index contributed by atoms with van der Waals surface area (Å²) in [6.45, 7) is 0.899. The molecule has 1 fully saturated rings. The number of hydrogen-bond donors (Lipinski definition) is 1. The molecule has 3 nitrogen and oxygen atoms in total. The van der Waals surface area contributed by atoms with Crippen LogP contribution in [0.1, 0.15) is 55.6 Å². The molecule has 1 N–H and O–H groups in total. The van der Waals surface area contributed by atoms with Crippen molar-refractivity contribution in [1.29, 1.82) is 0 Å². The van der Waals surface area contributed by atoms with E-state index in [-0.39, 0.29) is 0 Å². The highest BCUT2D eigenvalue weighted by atomic mass is 32.1. The highest BCUT2D eigenvalue weighted by molar-refractivity contribution is 7.71. The van der Waals surface area contributed by atoms with E-state index in [0.717, 1.165) is 42.8 Å². The minimum atomic E-state index is 0.329. The maximum absolute atomic E-state index is 5.80. The second kappa shape index (κ2) is 6.14. The van der Waals surface area contributed by atoms with Crippen LogP contribution < -0.4 is 0 Å². The van der Waals surface area contributed by atoms with Crippen molar-refractivity contribution in [3.8, 4) is 0 Å². The fourth-order valence-corrected chi connectivity index (χ4v) is 3.46. The Labute approximate surface area is 119 Å². The molecule has 1 saturated heterocycles. The maximum atomic E-state index is 5.80. The van der Waals surface area contributed by atoms with E-state index in [9.17, 15) is 0 Å². The average molecular weight is 278 g/mol. The zero-order valence-corrected chi connectivity index (χ0v) is 12.2. The standard InChI is InChI=1S/C15H22N2OS/c19-15-12-7-2-1-3-8-13(12)16-14(17-15)10-11-6-4-5-9-18-11/h11H,1-10H2,(H,16,17,19). The normalized spacial score (nSPS) is 23.7. The Kier molecular flexibility index (Phi) is 4.28. The van der Waals surface area contributed by atoms with E-state index in [2.05, 4.69) is 9.97 Å². The highest BCUT2D eigenvalue weighted by Gasteiger charge is 2.17. The van der Waals surface area contributed by atoms with Gasteiger partial charge in [-0.25, -0.2) is 4.98 Å². The Morgan fingerprint density at radius 1 is 1.16 bits per heavy atom. The molecule has 2 aliphatic rings. The Hall–Kier alpha value is -0.740. The molecule has 4 heteroatoms. The van der Waals surface area contributed by atoms with Crippen molar-refractivity contribution in [3.63, 3.8) is 0 Å². The number of hydrogen-bond acceptors (Lipinski definition) is 3. The van der Waals surface area contributed by atoms with Crippen LogP contribution in [0.2, 0.25) is 0 Å². The van der Waals surface area contributed by atoms with Crippen LogP contribution in [-0.2, 0) is 24.0 Å². The second-order valence-electron chi connectivity index (χ2n) is 5.70. The summed E-state index contributed by atoms with van der Waals surface area (Å²) < 4.78 is 6.62. The highest BCUT2D eigenvalue weighted by Crippen LogP contribution is 2.21. The van der Waals surface area contributed by atoms with Crippen molar-refractivity contribution < 1.29 is 4.74 Å². The van der Waals surface area contributed by atoms with Crippen LogP contribution in [0.4, 0.5) is 0 Å². The predicted molar refractivity (Wildman–Crippen MR) is 78.0 cm³/mol. The maximum Gasteiger partial charge on any atom is 0.133 e. The van der Waals surface area contributed by atoms with Gasteiger partial charge in [-0.3, -0.25) is 0 Å². The summed E-state index contributed by atoms with van der Waals surface area (Å²) >= 11 is 5.48. The fourth-order valence-electron chi connectivity index (χ4n) is 3.13. The SMILES string of the molecule is S=c1nc(CC2CCCCO2)[nH]c2c1CCCCC2. The Balaban J connectivity index is 1.80. The number of nitrogens with one attached hydrogen (secondary N) is 1. The van der Waals surface area contributed by atoms with Gasteiger partial charge in [-0.15, -0.1) is 0 Å². The van der Waals surface area contributed by atoms with Gasteiger partial charge in [-0.2, -0.15) is 0 Å². The summed E-state index contributed by atoms with van der Waals surface area (Å²) in [6.07, 6.45) is 10.9. The number of aromatic nitrogens is 2. The lowest BCUT2D eigenvalue weighted by atomic mass is 10.1. The van der Waals surface area contributed by atoms with Gasteiger partial charge in [0.1, 0.15) is 10.5 Å². The Morgan fingerprint density at radius 2 is 2.05 bits per heavy atom. The molecule has 1 aliphatic heterocycles. The summed E-state index contributed by atoms with van der Waals surface area (Å²) in [4.78, 5) is 8.14. The molecule has 0 saturated carbocycles. The third-order valence-electron chi connectivity index (χ3n) is 4.20. The number of aromatic amines is 1. The molecule has 3 rings (SSSR count). The number of ether oxygens (including phenoxy) is 1. The molecule has 0 aromatic carbocycles. The van der Waals surface area contributed by atoms with E-state index in [1.165, 1.54) is 43.4 Å². The van der Waals surface area contributed by atoms with Gasteiger partial charge in [0.2, 0.25) is 0 Å². The van der Waals surface area contributed by atoms with Gasteiger partial charge in [0.15, 0.2) is 0 Å². The molecule has 19 heavy (non-hydrogen) atoms. The van der Waals surface area contributed by atoms with E-state index >= 15 is 0 Å².